The molecule has 0 bridgehead atoms. The lowest BCUT2D eigenvalue weighted by molar-refractivity contribution is 0.0983. The van der Waals surface area contributed by atoms with E-state index < -0.39 is 18.3 Å². The molecule has 0 fully saturated rings. The molecule has 0 saturated carbocycles. The zero-order chi connectivity index (χ0) is 12.8. The predicted octanol–water partition coefficient (Wildman–Crippen LogP) is 3.65. The van der Waals surface area contributed by atoms with Crippen molar-refractivity contribution in [2.24, 2.45) is 0 Å². The maximum Gasteiger partial charge on any atom is 0.254 e. The lowest BCUT2D eigenvalue weighted by atomic mass is 10.1. The highest BCUT2D eigenvalue weighted by atomic mass is 35.5. The molecule has 96 valence electrons. The number of hydrogen-bond donors (Lipinski definition) is 1. The van der Waals surface area contributed by atoms with Crippen molar-refractivity contribution < 1.29 is 13.2 Å². The van der Waals surface area contributed by atoms with Crippen molar-refractivity contribution in [1.29, 1.82) is 0 Å². The first-order valence-corrected chi connectivity index (χ1v) is 5.87. The Morgan fingerprint density at radius 1 is 1.35 bits per heavy atom. The lowest BCUT2D eigenvalue weighted by Gasteiger charge is -2.18. The number of nitrogens with one attached hydrogen (secondary N) is 1. The minimum atomic E-state index is -2.47. The van der Waals surface area contributed by atoms with E-state index in [2.05, 4.69) is 5.32 Å². The van der Waals surface area contributed by atoms with Gasteiger partial charge in [0.15, 0.2) is 0 Å². The summed E-state index contributed by atoms with van der Waals surface area (Å²) >= 11 is 5.80. The molecule has 17 heavy (non-hydrogen) atoms. The zero-order valence-electron chi connectivity index (χ0n) is 9.52. The molecular formula is C12H15ClF3N. The topological polar surface area (TPSA) is 12.0 Å². The molecule has 1 atom stereocenters. The summed E-state index contributed by atoms with van der Waals surface area (Å²) in [6.45, 7) is 2.42. The molecule has 0 heterocycles. The molecule has 5 heteroatoms. The van der Waals surface area contributed by atoms with Crippen molar-refractivity contribution in [3.63, 3.8) is 0 Å². The molecule has 1 nitrogen and oxygen atoms in total. The van der Waals surface area contributed by atoms with Crippen molar-refractivity contribution in [2.75, 3.05) is 6.54 Å². The number of alkyl halides is 2. The summed E-state index contributed by atoms with van der Waals surface area (Å²) in [5.41, 5.74) is 0.530. The highest BCUT2D eigenvalue weighted by molar-refractivity contribution is 6.31. The number of rotatable bonds is 6. The molecule has 1 aromatic carbocycles. The van der Waals surface area contributed by atoms with Crippen LogP contribution >= 0.6 is 11.6 Å². The van der Waals surface area contributed by atoms with Gasteiger partial charge >= 0.3 is 0 Å². The fraction of sp³-hybridized carbons (Fsp3) is 0.500. The Labute approximate surface area is 104 Å². The van der Waals surface area contributed by atoms with Crippen molar-refractivity contribution in [2.45, 2.75) is 32.2 Å². The summed E-state index contributed by atoms with van der Waals surface area (Å²) in [6, 6.07) is 2.86. The zero-order valence-corrected chi connectivity index (χ0v) is 10.3. The Balaban J connectivity index is 2.71. The Morgan fingerprint density at radius 2 is 2.06 bits per heavy atom. The van der Waals surface area contributed by atoms with Crippen LogP contribution in [0.2, 0.25) is 5.02 Å². The summed E-state index contributed by atoms with van der Waals surface area (Å²) in [4.78, 5) is 0. The molecule has 0 amide bonds. The van der Waals surface area contributed by atoms with E-state index in [-0.39, 0.29) is 11.4 Å². The normalized spacial score (nSPS) is 13.1. The van der Waals surface area contributed by atoms with Crippen LogP contribution in [0.1, 0.15) is 18.9 Å². The number of hydrogen-bond acceptors (Lipinski definition) is 1. The van der Waals surface area contributed by atoms with E-state index in [9.17, 15) is 13.2 Å². The third-order valence-corrected chi connectivity index (χ3v) is 2.77. The quantitative estimate of drug-likeness (QED) is 0.828. The van der Waals surface area contributed by atoms with Gasteiger partial charge in [-0.15, -0.1) is 0 Å². The molecule has 0 radical (unpaired) electrons. The number of halogens is 4. The minimum absolute atomic E-state index is 0.0940. The van der Waals surface area contributed by atoms with Gasteiger partial charge in [-0.2, -0.15) is 0 Å². The van der Waals surface area contributed by atoms with Crippen LogP contribution in [0.15, 0.2) is 18.2 Å². The fourth-order valence-corrected chi connectivity index (χ4v) is 1.75. The van der Waals surface area contributed by atoms with Crippen LogP contribution in [-0.2, 0) is 6.42 Å². The monoisotopic (exact) mass is 265 g/mol. The van der Waals surface area contributed by atoms with Crippen LogP contribution in [0.4, 0.5) is 13.2 Å². The fourth-order valence-electron chi connectivity index (χ4n) is 1.50. The van der Waals surface area contributed by atoms with E-state index in [1.807, 2.05) is 6.92 Å². The van der Waals surface area contributed by atoms with Crippen LogP contribution in [0.25, 0.3) is 0 Å². The van der Waals surface area contributed by atoms with E-state index in [1.54, 1.807) is 0 Å². The second kappa shape index (κ2) is 6.87. The van der Waals surface area contributed by atoms with Gasteiger partial charge < -0.3 is 5.32 Å². The molecule has 1 unspecified atom stereocenters. The smallest absolute Gasteiger partial charge is 0.254 e. The Kier molecular flexibility index (Phi) is 5.78. The first-order chi connectivity index (χ1) is 8.04. The summed E-state index contributed by atoms with van der Waals surface area (Å²) in [6.07, 6.45) is -1.60. The first-order valence-electron chi connectivity index (χ1n) is 5.50. The molecule has 0 aliphatic heterocycles. The predicted molar refractivity (Wildman–Crippen MR) is 63.2 cm³/mol. The standard InChI is InChI=1S/C12H15ClF3N/c1-2-5-17-11(12(15)16)6-8-3-4-9(14)7-10(8)13/h3-4,7,11-12,17H,2,5-6H2,1H3. The van der Waals surface area contributed by atoms with Gasteiger partial charge in [0.2, 0.25) is 0 Å². The Bertz CT molecular complexity index is 358. The lowest BCUT2D eigenvalue weighted by Crippen LogP contribution is -2.38. The van der Waals surface area contributed by atoms with Gasteiger partial charge in [-0.05, 0) is 37.1 Å². The summed E-state index contributed by atoms with van der Waals surface area (Å²) in [5.74, 6) is -0.464. The van der Waals surface area contributed by atoms with Crippen LogP contribution in [0, 0.1) is 5.82 Å². The van der Waals surface area contributed by atoms with Crippen molar-refractivity contribution in [3.8, 4) is 0 Å². The van der Waals surface area contributed by atoms with E-state index >= 15 is 0 Å². The molecule has 0 aromatic heterocycles. The van der Waals surface area contributed by atoms with Gasteiger partial charge in [0, 0.05) is 5.02 Å². The largest absolute Gasteiger partial charge is 0.309 e. The second-order valence-corrected chi connectivity index (χ2v) is 4.24. The summed E-state index contributed by atoms with van der Waals surface area (Å²) < 4.78 is 38.3. The molecule has 1 N–H and O–H groups in total. The van der Waals surface area contributed by atoms with Crippen molar-refractivity contribution in [1.82, 2.24) is 5.32 Å². The van der Waals surface area contributed by atoms with Crippen molar-refractivity contribution >= 4 is 11.6 Å². The summed E-state index contributed by atoms with van der Waals surface area (Å²) in [5, 5.41) is 2.95. The summed E-state index contributed by atoms with van der Waals surface area (Å²) in [7, 11) is 0. The maximum absolute atomic E-state index is 12.8. The average molecular weight is 266 g/mol. The van der Waals surface area contributed by atoms with Gasteiger partial charge in [0.1, 0.15) is 5.82 Å². The van der Waals surface area contributed by atoms with Gasteiger partial charge in [0.25, 0.3) is 6.43 Å². The molecule has 1 rings (SSSR count). The molecule has 0 spiro atoms. The third kappa shape index (κ3) is 4.56. The third-order valence-electron chi connectivity index (χ3n) is 2.42. The Hall–Kier alpha value is -0.740. The minimum Gasteiger partial charge on any atom is -0.309 e. The van der Waals surface area contributed by atoms with Crippen LogP contribution in [-0.4, -0.2) is 19.0 Å². The van der Waals surface area contributed by atoms with Gasteiger partial charge in [-0.25, -0.2) is 13.2 Å². The van der Waals surface area contributed by atoms with Gasteiger partial charge in [-0.1, -0.05) is 24.6 Å². The molecule has 1 aromatic rings. The highest BCUT2D eigenvalue weighted by Gasteiger charge is 2.20. The van der Waals surface area contributed by atoms with E-state index in [0.717, 1.165) is 12.5 Å². The van der Waals surface area contributed by atoms with Gasteiger partial charge in [-0.3, -0.25) is 0 Å². The maximum atomic E-state index is 12.8. The van der Waals surface area contributed by atoms with E-state index in [4.69, 9.17) is 11.6 Å². The second-order valence-electron chi connectivity index (χ2n) is 3.83. The molecular weight excluding hydrogens is 251 g/mol. The first kappa shape index (κ1) is 14.3. The molecule has 0 saturated heterocycles. The molecule has 0 aliphatic rings. The highest BCUT2D eigenvalue weighted by Crippen LogP contribution is 2.20. The number of benzene rings is 1. The van der Waals surface area contributed by atoms with Crippen molar-refractivity contribution in [3.05, 3.63) is 34.6 Å². The SMILES string of the molecule is CCCNC(Cc1ccc(F)cc1Cl)C(F)F. The average Bonchev–Trinajstić information content (AvgIpc) is 2.26. The molecule has 0 aliphatic carbocycles. The van der Waals surface area contributed by atoms with Gasteiger partial charge in [0.05, 0.1) is 6.04 Å². The Morgan fingerprint density at radius 3 is 2.59 bits per heavy atom. The van der Waals surface area contributed by atoms with E-state index in [0.29, 0.717) is 12.1 Å². The van der Waals surface area contributed by atoms with E-state index in [1.165, 1.54) is 12.1 Å². The van der Waals surface area contributed by atoms with Crippen LogP contribution in [0.5, 0.6) is 0 Å². The van der Waals surface area contributed by atoms with Crippen LogP contribution < -0.4 is 5.32 Å². The van der Waals surface area contributed by atoms with Crippen LogP contribution in [0.3, 0.4) is 0 Å².